The lowest BCUT2D eigenvalue weighted by Crippen LogP contribution is -2.42. The van der Waals surface area contributed by atoms with Crippen LogP contribution in [-0.4, -0.2) is 41.9 Å². The summed E-state index contributed by atoms with van der Waals surface area (Å²) in [6, 6.07) is -0.273. The predicted octanol–water partition coefficient (Wildman–Crippen LogP) is 1.78. The van der Waals surface area contributed by atoms with Gasteiger partial charge >= 0.3 is 0 Å². The van der Waals surface area contributed by atoms with Crippen molar-refractivity contribution in [3.63, 3.8) is 0 Å². The third-order valence-corrected chi connectivity index (χ3v) is 4.16. The van der Waals surface area contributed by atoms with E-state index in [2.05, 4.69) is 22.2 Å². The van der Waals surface area contributed by atoms with Crippen molar-refractivity contribution in [2.45, 2.75) is 53.2 Å². The van der Waals surface area contributed by atoms with Crippen molar-refractivity contribution in [3.8, 4) is 11.4 Å². The molecule has 0 bridgehead atoms. The van der Waals surface area contributed by atoms with Gasteiger partial charge in [0.2, 0.25) is 5.91 Å². The molecule has 3 rings (SSSR count). The Morgan fingerprint density at radius 2 is 2.09 bits per heavy atom. The lowest BCUT2D eigenvalue weighted by molar-refractivity contribution is -0.136. The van der Waals surface area contributed by atoms with Crippen LogP contribution < -0.4 is 0 Å². The second-order valence-electron chi connectivity index (χ2n) is 5.73. The SMILES string of the molecule is CCCN1Cc2nnc(-c3cn(CC)nc3C)n2[C@@H](C)C1=O. The lowest BCUT2D eigenvalue weighted by atomic mass is 10.1. The number of aromatic nitrogens is 5. The molecule has 2 aromatic rings. The van der Waals surface area contributed by atoms with Crippen molar-refractivity contribution in [3.05, 3.63) is 17.7 Å². The first-order valence-corrected chi connectivity index (χ1v) is 7.83. The molecule has 1 atom stereocenters. The average Bonchev–Trinajstić information content (AvgIpc) is 3.07. The highest BCUT2D eigenvalue weighted by Crippen LogP contribution is 2.29. The maximum Gasteiger partial charge on any atom is 0.245 e. The fourth-order valence-electron chi connectivity index (χ4n) is 3.00. The van der Waals surface area contributed by atoms with E-state index in [9.17, 15) is 4.79 Å². The normalized spacial score (nSPS) is 17.9. The van der Waals surface area contributed by atoms with Gasteiger partial charge in [0.05, 0.1) is 17.8 Å². The molecule has 22 heavy (non-hydrogen) atoms. The summed E-state index contributed by atoms with van der Waals surface area (Å²) in [6.45, 7) is 10.1. The highest BCUT2D eigenvalue weighted by molar-refractivity contribution is 5.82. The van der Waals surface area contributed by atoms with Crippen LogP contribution in [0.25, 0.3) is 11.4 Å². The Hall–Kier alpha value is -2.18. The first kappa shape index (κ1) is 14.7. The third kappa shape index (κ3) is 2.20. The van der Waals surface area contributed by atoms with E-state index in [1.807, 2.05) is 41.1 Å². The second-order valence-corrected chi connectivity index (χ2v) is 5.73. The highest BCUT2D eigenvalue weighted by Gasteiger charge is 2.33. The summed E-state index contributed by atoms with van der Waals surface area (Å²) in [7, 11) is 0. The molecule has 0 unspecified atom stereocenters. The Labute approximate surface area is 129 Å². The summed E-state index contributed by atoms with van der Waals surface area (Å²) >= 11 is 0. The molecule has 1 aliphatic heterocycles. The second kappa shape index (κ2) is 5.55. The molecule has 0 saturated carbocycles. The topological polar surface area (TPSA) is 68.8 Å². The number of hydrogen-bond acceptors (Lipinski definition) is 4. The number of carbonyl (C=O) groups excluding carboxylic acids is 1. The van der Waals surface area contributed by atoms with Gasteiger partial charge in [0.15, 0.2) is 11.6 Å². The fourth-order valence-corrected chi connectivity index (χ4v) is 3.00. The van der Waals surface area contributed by atoms with Crippen LogP contribution in [0.5, 0.6) is 0 Å². The van der Waals surface area contributed by atoms with E-state index in [0.29, 0.717) is 6.54 Å². The van der Waals surface area contributed by atoms with Gasteiger partial charge in [-0.1, -0.05) is 6.92 Å². The Morgan fingerprint density at radius 1 is 1.32 bits per heavy atom. The van der Waals surface area contributed by atoms with Gasteiger partial charge in [-0.25, -0.2) is 0 Å². The summed E-state index contributed by atoms with van der Waals surface area (Å²) in [6.07, 6.45) is 2.92. The molecule has 0 fully saturated rings. The van der Waals surface area contributed by atoms with Gasteiger partial charge in [-0.3, -0.25) is 14.0 Å². The molecule has 2 aromatic heterocycles. The van der Waals surface area contributed by atoms with Crippen LogP contribution in [0.4, 0.5) is 0 Å². The van der Waals surface area contributed by atoms with Gasteiger partial charge in [0, 0.05) is 19.3 Å². The van der Waals surface area contributed by atoms with Crippen molar-refractivity contribution in [2.24, 2.45) is 0 Å². The monoisotopic (exact) mass is 302 g/mol. The quantitative estimate of drug-likeness (QED) is 0.863. The zero-order valence-corrected chi connectivity index (χ0v) is 13.6. The van der Waals surface area contributed by atoms with E-state index in [1.54, 1.807) is 0 Å². The Kier molecular flexibility index (Phi) is 3.72. The number of carbonyl (C=O) groups is 1. The summed E-state index contributed by atoms with van der Waals surface area (Å²) in [5.41, 5.74) is 1.86. The molecular formula is C15H22N6O. The Bertz CT molecular complexity index is 701. The van der Waals surface area contributed by atoms with Crippen molar-refractivity contribution < 1.29 is 4.79 Å². The van der Waals surface area contributed by atoms with E-state index in [4.69, 9.17) is 0 Å². The molecular weight excluding hydrogens is 280 g/mol. The van der Waals surface area contributed by atoms with Crippen LogP contribution in [0.2, 0.25) is 0 Å². The van der Waals surface area contributed by atoms with Crippen molar-refractivity contribution in [2.75, 3.05) is 6.54 Å². The van der Waals surface area contributed by atoms with E-state index in [1.165, 1.54) is 0 Å². The number of nitrogens with zero attached hydrogens (tertiary/aromatic N) is 6. The number of fused-ring (bicyclic) bond motifs is 1. The molecule has 1 aliphatic rings. The van der Waals surface area contributed by atoms with Crippen LogP contribution in [-0.2, 0) is 17.9 Å². The molecule has 7 nitrogen and oxygen atoms in total. The average molecular weight is 302 g/mol. The van der Waals surface area contributed by atoms with Crippen LogP contribution in [0.3, 0.4) is 0 Å². The summed E-state index contributed by atoms with van der Waals surface area (Å²) in [5, 5.41) is 13.1. The molecule has 0 saturated heterocycles. The maximum atomic E-state index is 12.5. The van der Waals surface area contributed by atoms with Crippen LogP contribution in [0.1, 0.15) is 44.8 Å². The zero-order valence-electron chi connectivity index (χ0n) is 13.6. The van der Waals surface area contributed by atoms with Crippen LogP contribution in [0.15, 0.2) is 6.20 Å². The molecule has 0 spiro atoms. The predicted molar refractivity (Wildman–Crippen MR) is 82.1 cm³/mol. The number of aryl methyl sites for hydroxylation is 2. The smallest absolute Gasteiger partial charge is 0.245 e. The molecule has 0 aromatic carbocycles. The minimum absolute atomic E-state index is 0.135. The summed E-state index contributed by atoms with van der Waals surface area (Å²) < 4.78 is 3.84. The van der Waals surface area contributed by atoms with E-state index in [-0.39, 0.29) is 11.9 Å². The van der Waals surface area contributed by atoms with Crippen LogP contribution >= 0.6 is 0 Å². The molecule has 118 valence electrons. The third-order valence-electron chi connectivity index (χ3n) is 4.16. The van der Waals surface area contributed by atoms with E-state index < -0.39 is 0 Å². The molecule has 7 heteroatoms. The first-order valence-electron chi connectivity index (χ1n) is 7.83. The lowest BCUT2D eigenvalue weighted by Gasteiger charge is -2.31. The molecule has 0 N–H and O–H groups in total. The van der Waals surface area contributed by atoms with Crippen molar-refractivity contribution in [1.82, 2.24) is 29.4 Å². The van der Waals surface area contributed by atoms with Gasteiger partial charge in [-0.15, -0.1) is 10.2 Å². The van der Waals surface area contributed by atoms with E-state index >= 15 is 0 Å². The number of amides is 1. The fraction of sp³-hybridized carbons (Fsp3) is 0.600. The van der Waals surface area contributed by atoms with Gasteiger partial charge in [0.25, 0.3) is 0 Å². The summed E-state index contributed by atoms with van der Waals surface area (Å²) in [4.78, 5) is 14.4. The highest BCUT2D eigenvalue weighted by atomic mass is 16.2. The number of hydrogen-bond donors (Lipinski definition) is 0. The van der Waals surface area contributed by atoms with E-state index in [0.717, 1.165) is 42.4 Å². The van der Waals surface area contributed by atoms with Crippen molar-refractivity contribution >= 4 is 5.91 Å². The minimum Gasteiger partial charge on any atom is -0.333 e. The van der Waals surface area contributed by atoms with Gasteiger partial charge < -0.3 is 4.90 Å². The van der Waals surface area contributed by atoms with Gasteiger partial charge in [-0.2, -0.15) is 5.10 Å². The zero-order chi connectivity index (χ0) is 15.9. The van der Waals surface area contributed by atoms with Crippen LogP contribution in [0, 0.1) is 6.92 Å². The standard InChI is InChI=1S/C15H22N6O/c1-5-7-19-9-13-16-17-14(21(13)11(4)15(19)22)12-8-20(6-2)18-10(12)3/h8,11H,5-7,9H2,1-4H3/t11-/m0/s1. The number of rotatable bonds is 4. The van der Waals surface area contributed by atoms with Gasteiger partial charge in [-0.05, 0) is 27.2 Å². The largest absolute Gasteiger partial charge is 0.333 e. The molecule has 3 heterocycles. The summed E-state index contributed by atoms with van der Waals surface area (Å²) in [5.74, 6) is 1.72. The van der Waals surface area contributed by atoms with Crippen molar-refractivity contribution in [1.29, 1.82) is 0 Å². The molecule has 1 amide bonds. The Morgan fingerprint density at radius 3 is 2.73 bits per heavy atom. The first-order chi connectivity index (χ1) is 10.6. The molecule has 0 radical (unpaired) electrons. The Balaban J connectivity index is 2.04. The minimum atomic E-state index is -0.273. The maximum absolute atomic E-state index is 12.5. The van der Waals surface area contributed by atoms with Gasteiger partial charge in [0.1, 0.15) is 6.04 Å². The molecule has 0 aliphatic carbocycles.